The summed E-state index contributed by atoms with van der Waals surface area (Å²) in [6.07, 6.45) is 1.90. The molecule has 122 valence electrons. The van der Waals surface area contributed by atoms with Gasteiger partial charge in [-0.25, -0.2) is 0 Å². The first-order chi connectivity index (χ1) is 11.6. The summed E-state index contributed by atoms with van der Waals surface area (Å²) in [6, 6.07) is 4.83. The highest BCUT2D eigenvalue weighted by Crippen LogP contribution is 2.38. The van der Waals surface area contributed by atoms with Gasteiger partial charge in [0.25, 0.3) is 5.56 Å². The largest absolute Gasteiger partial charge is 0.504 e. The maximum atomic E-state index is 12.5. The van der Waals surface area contributed by atoms with E-state index in [-0.39, 0.29) is 23.6 Å². The summed E-state index contributed by atoms with van der Waals surface area (Å²) in [7, 11) is 1.45. The number of methoxy groups -OCH3 is 1. The summed E-state index contributed by atoms with van der Waals surface area (Å²) in [5.74, 6) is 0.138. The van der Waals surface area contributed by atoms with Crippen LogP contribution in [0.25, 0.3) is 4.96 Å². The standard InChI is InChI=1S/C16H13N3O4S/c1-23-11-6-8(2-3-10(11)20)9-7-12(21)17-14-13(9)15(22)18-16-19(14)4-5-24-16/h2-6,9,20H,7H2,1H3,(H,17,21)/t9-/m0/s1. The molecular formula is C16H13N3O4S. The maximum absolute atomic E-state index is 12.5. The zero-order chi connectivity index (χ0) is 16.8. The molecule has 1 atom stereocenters. The van der Waals surface area contributed by atoms with Crippen LogP contribution >= 0.6 is 11.3 Å². The molecule has 0 saturated carbocycles. The third kappa shape index (κ3) is 2.15. The minimum atomic E-state index is -0.444. The van der Waals surface area contributed by atoms with E-state index >= 15 is 0 Å². The second-order valence-corrected chi connectivity index (χ2v) is 6.34. The molecule has 1 amide bonds. The molecule has 3 heterocycles. The van der Waals surface area contributed by atoms with Gasteiger partial charge in [0.1, 0.15) is 5.82 Å². The van der Waals surface area contributed by atoms with Gasteiger partial charge in [-0.15, -0.1) is 11.3 Å². The van der Waals surface area contributed by atoms with Crippen molar-refractivity contribution in [3.63, 3.8) is 0 Å². The van der Waals surface area contributed by atoms with Gasteiger partial charge in [0, 0.05) is 23.9 Å². The van der Waals surface area contributed by atoms with Gasteiger partial charge in [-0.05, 0) is 17.7 Å². The molecule has 3 aromatic rings. The predicted molar refractivity (Wildman–Crippen MR) is 89.1 cm³/mol. The highest BCUT2D eigenvalue weighted by atomic mass is 32.1. The van der Waals surface area contributed by atoms with E-state index in [1.165, 1.54) is 24.5 Å². The predicted octanol–water partition coefficient (Wildman–Crippen LogP) is 1.94. The smallest absolute Gasteiger partial charge is 0.279 e. The minimum Gasteiger partial charge on any atom is -0.504 e. The number of hydrogen-bond donors (Lipinski definition) is 2. The van der Waals surface area contributed by atoms with Crippen LogP contribution < -0.4 is 15.6 Å². The molecule has 0 aliphatic carbocycles. The van der Waals surface area contributed by atoms with Gasteiger partial charge in [0.15, 0.2) is 16.5 Å². The number of amides is 1. The van der Waals surface area contributed by atoms with Crippen LogP contribution in [0.15, 0.2) is 34.6 Å². The lowest BCUT2D eigenvalue weighted by Crippen LogP contribution is -2.31. The fourth-order valence-corrected chi connectivity index (χ4v) is 3.71. The van der Waals surface area contributed by atoms with E-state index in [0.29, 0.717) is 22.1 Å². The lowest BCUT2D eigenvalue weighted by molar-refractivity contribution is -0.116. The molecule has 1 aliphatic rings. The van der Waals surface area contributed by atoms with Crippen molar-refractivity contribution < 1.29 is 14.6 Å². The molecule has 1 aromatic carbocycles. The number of anilines is 1. The van der Waals surface area contributed by atoms with Crippen molar-refractivity contribution >= 4 is 28.0 Å². The summed E-state index contributed by atoms with van der Waals surface area (Å²) in [6.45, 7) is 0. The van der Waals surface area contributed by atoms with Gasteiger partial charge in [-0.2, -0.15) is 4.98 Å². The van der Waals surface area contributed by atoms with Crippen LogP contribution in [0.2, 0.25) is 0 Å². The van der Waals surface area contributed by atoms with Crippen LogP contribution in [0, 0.1) is 0 Å². The monoisotopic (exact) mass is 343 g/mol. The van der Waals surface area contributed by atoms with Crippen molar-refractivity contribution in [2.24, 2.45) is 0 Å². The Morgan fingerprint density at radius 1 is 1.42 bits per heavy atom. The number of phenols is 1. The van der Waals surface area contributed by atoms with Crippen LogP contribution in [0.5, 0.6) is 11.5 Å². The minimum absolute atomic E-state index is 0.00451. The van der Waals surface area contributed by atoms with Crippen molar-refractivity contribution in [2.75, 3.05) is 12.4 Å². The Morgan fingerprint density at radius 2 is 2.25 bits per heavy atom. The number of nitrogens with one attached hydrogen (secondary N) is 1. The third-order valence-corrected chi connectivity index (χ3v) is 4.87. The quantitative estimate of drug-likeness (QED) is 0.742. The summed E-state index contributed by atoms with van der Waals surface area (Å²) in [4.78, 5) is 29.4. The second kappa shape index (κ2) is 5.34. The molecule has 0 saturated heterocycles. The number of ether oxygens (including phenoxy) is 1. The molecule has 0 bridgehead atoms. The molecule has 0 unspecified atom stereocenters. The Bertz CT molecular complexity index is 1020. The van der Waals surface area contributed by atoms with E-state index in [1.54, 1.807) is 28.1 Å². The second-order valence-electron chi connectivity index (χ2n) is 5.47. The van der Waals surface area contributed by atoms with Crippen LogP contribution in [-0.2, 0) is 4.79 Å². The normalized spacial score (nSPS) is 16.7. The van der Waals surface area contributed by atoms with Crippen LogP contribution in [-0.4, -0.2) is 27.5 Å². The van der Waals surface area contributed by atoms with Crippen molar-refractivity contribution in [1.29, 1.82) is 0 Å². The lowest BCUT2D eigenvalue weighted by Gasteiger charge is -2.25. The molecule has 2 aromatic heterocycles. The highest BCUT2D eigenvalue weighted by Gasteiger charge is 2.32. The van der Waals surface area contributed by atoms with E-state index in [1.807, 2.05) is 0 Å². The molecule has 1 aliphatic heterocycles. The fraction of sp³-hybridized carbons (Fsp3) is 0.188. The summed E-state index contributed by atoms with van der Waals surface area (Å²) in [5, 5.41) is 14.4. The molecule has 0 spiro atoms. The van der Waals surface area contributed by atoms with E-state index in [4.69, 9.17) is 4.74 Å². The molecule has 7 nitrogen and oxygen atoms in total. The first kappa shape index (κ1) is 14.7. The average Bonchev–Trinajstić information content (AvgIpc) is 3.03. The van der Waals surface area contributed by atoms with E-state index in [2.05, 4.69) is 10.3 Å². The van der Waals surface area contributed by atoms with Gasteiger partial charge in [0.05, 0.1) is 12.7 Å². The summed E-state index contributed by atoms with van der Waals surface area (Å²) >= 11 is 1.33. The lowest BCUT2D eigenvalue weighted by atomic mass is 9.86. The molecule has 2 N–H and O–H groups in total. The first-order valence-corrected chi connectivity index (χ1v) is 8.13. The van der Waals surface area contributed by atoms with Crippen molar-refractivity contribution in [3.05, 3.63) is 51.3 Å². The van der Waals surface area contributed by atoms with E-state index in [0.717, 1.165) is 5.56 Å². The van der Waals surface area contributed by atoms with E-state index < -0.39 is 5.92 Å². The number of hydrogen-bond acceptors (Lipinski definition) is 6. The van der Waals surface area contributed by atoms with Crippen molar-refractivity contribution in [3.8, 4) is 11.5 Å². The van der Waals surface area contributed by atoms with Gasteiger partial charge in [-0.3, -0.25) is 14.0 Å². The Morgan fingerprint density at radius 3 is 3.04 bits per heavy atom. The molecule has 0 radical (unpaired) electrons. The Balaban J connectivity index is 1.96. The van der Waals surface area contributed by atoms with Crippen LogP contribution in [0.3, 0.4) is 0 Å². The van der Waals surface area contributed by atoms with Crippen molar-refractivity contribution in [1.82, 2.24) is 9.38 Å². The number of benzene rings is 1. The number of aromatic nitrogens is 2. The summed E-state index contributed by atoms with van der Waals surface area (Å²) < 4.78 is 6.84. The molecule has 4 rings (SSSR count). The number of aromatic hydroxyl groups is 1. The summed E-state index contributed by atoms with van der Waals surface area (Å²) in [5.41, 5.74) is 0.803. The molecule has 24 heavy (non-hydrogen) atoms. The zero-order valence-electron chi connectivity index (χ0n) is 12.6. The average molecular weight is 343 g/mol. The van der Waals surface area contributed by atoms with Crippen LogP contribution in [0.1, 0.15) is 23.5 Å². The van der Waals surface area contributed by atoms with Crippen molar-refractivity contribution in [2.45, 2.75) is 12.3 Å². The maximum Gasteiger partial charge on any atom is 0.279 e. The topological polar surface area (TPSA) is 92.9 Å². The SMILES string of the molecule is COc1cc([C@@H]2CC(=O)Nc3c2c(=O)nc2sccn32)ccc1O. The van der Waals surface area contributed by atoms with Gasteiger partial charge in [0.2, 0.25) is 5.91 Å². The molecule has 0 fully saturated rings. The number of carbonyl (C=O) groups excluding carboxylic acids is 1. The fourth-order valence-electron chi connectivity index (χ4n) is 3.01. The van der Waals surface area contributed by atoms with Crippen LogP contribution in [0.4, 0.5) is 5.82 Å². The third-order valence-electron chi connectivity index (χ3n) is 4.12. The van der Waals surface area contributed by atoms with Gasteiger partial charge >= 0.3 is 0 Å². The number of nitrogens with zero attached hydrogens (tertiary/aromatic N) is 2. The highest BCUT2D eigenvalue weighted by molar-refractivity contribution is 7.15. The van der Waals surface area contributed by atoms with Gasteiger partial charge in [-0.1, -0.05) is 6.07 Å². The van der Waals surface area contributed by atoms with Gasteiger partial charge < -0.3 is 15.2 Å². The molecular weight excluding hydrogens is 330 g/mol. The number of rotatable bonds is 2. The first-order valence-electron chi connectivity index (χ1n) is 7.25. The zero-order valence-corrected chi connectivity index (χ0v) is 13.5. The Labute approximate surface area is 140 Å². The van der Waals surface area contributed by atoms with E-state index in [9.17, 15) is 14.7 Å². The number of fused-ring (bicyclic) bond motifs is 3. The Hall–Kier alpha value is -2.87. The number of phenolic OH excluding ortho intramolecular Hbond substituents is 1. The number of carbonyl (C=O) groups is 1. The number of thiazole rings is 1. The molecule has 8 heteroatoms. The Kier molecular flexibility index (Phi) is 3.27.